The molecule has 17 aromatic carbocycles. The lowest BCUT2D eigenvalue weighted by Crippen LogP contribution is -2.15. The van der Waals surface area contributed by atoms with Gasteiger partial charge in [0.1, 0.15) is 0 Å². The van der Waals surface area contributed by atoms with Crippen LogP contribution in [0.1, 0.15) is 49.9 Å². The van der Waals surface area contributed by atoms with E-state index in [0.29, 0.717) is 0 Å². The number of hydrogen-bond acceptors (Lipinski definition) is 3. The van der Waals surface area contributed by atoms with Crippen molar-refractivity contribution in [2.24, 2.45) is 0 Å². The van der Waals surface area contributed by atoms with Crippen molar-refractivity contribution in [3.8, 4) is 111 Å². The van der Waals surface area contributed by atoms with Crippen LogP contribution in [0.2, 0.25) is 0 Å². The van der Waals surface area contributed by atoms with Gasteiger partial charge in [0, 0.05) is 50.3 Å². The van der Waals surface area contributed by atoms with Gasteiger partial charge in [0.15, 0.2) is 0 Å². The zero-order valence-electron chi connectivity index (χ0n) is 61.8. The second-order valence-electron chi connectivity index (χ2n) is 29.5. The molecule has 0 radical (unpaired) electrons. The van der Waals surface area contributed by atoms with Gasteiger partial charge in [0.25, 0.3) is 0 Å². The first-order chi connectivity index (χ1) is 53.5. The Hall–Kier alpha value is -13.6. The van der Waals surface area contributed by atoms with Crippen molar-refractivity contribution in [1.82, 2.24) is 0 Å². The number of benzene rings is 17. The molecule has 0 spiro atoms. The minimum atomic E-state index is -0.0782. The van der Waals surface area contributed by atoms with E-state index in [0.717, 1.165) is 34.1 Å². The molecule has 522 valence electrons. The summed E-state index contributed by atoms with van der Waals surface area (Å²) >= 11 is 0. The molecule has 19 rings (SSSR count). The molecule has 2 aliphatic rings. The Bertz CT molecular complexity index is 5770. The maximum absolute atomic E-state index is 3.77. The van der Waals surface area contributed by atoms with Gasteiger partial charge >= 0.3 is 0 Å². The predicted octanol–water partition coefficient (Wildman–Crippen LogP) is 29.4. The number of anilines is 6. The molecule has 3 heteroatoms. The van der Waals surface area contributed by atoms with Crippen LogP contribution in [0, 0.1) is 0 Å². The Morgan fingerprint density at radius 3 is 0.771 bits per heavy atom. The molecule has 0 heterocycles. The van der Waals surface area contributed by atoms with E-state index < -0.39 is 0 Å². The van der Waals surface area contributed by atoms with Crippen LogP contribution >= 0.6 is 0 Å². The monoisotopic (exact) mass is 1400 g/mol. The van der Waals surface area contributed by atoms with Gasteiger partial charge in [-0.05, 0) is 230 Å². The Labute approximate surface area is 641 Å². The Balaban J connectivity index is 0.000000122. The summed E-state index contributed by atoms with van der Waals surface area (Å²) in [6, 6.07) is 147. The summed E-state index contributed by atoms with van der Waals surface area (Å²) in [4.78, 5) is 0. The summed E-state index contributed by atoms with van der Waals surface area (Å²) in [6.45, 7) is 9.42. The molecular weight excluding hydrogens is 1320 g/mol. The van der Waals surface area contributed by atoms with E-state index in [-0.39, 0.29) is 10.8 Å². The largest absolute Gasteiger partial charge is 0.356 e. The van der Waals surface area contributed by atoms with Crippen LogP contribution < -0.4 is 16.0 Å². The highest BCUT2D eigenvalue weighted by Crippen LogP contribution is 2.53. The van der Waals surface area contributed by atoms with Crippen molar-refractivity contribution in [1.29, 1.82) is 0 Å². The molecule has 0 unspecified atom stereocenters. The number of fused-ring (bicyclic) bond motifs is 7. The van der Waals surface area contributed by atoms with Crippen LogP contribution in [0.4, 0.5) is 34.1 Å². The van der Waals surface area contributed by atoms with Gasteiger partial charge in [-0.3, -0.25) is 0 Å². The summed E-state index contributed by atoms with van der Waals surface area (Å²) in [5.41, 5.74) is 37.1. The Morgan fingerprint density at radius 1 is 0.165 bits per heavy atom. The van der Waals surface area contributed by atoms with E-state index in [1.54, 1.807) is 0 Å². The van der Waals surface area contributed by atoms with Gasteiger partial charge in [-0.2, -0.15) is 0 Å². The third-order valence-corrected chi connectivity index (χ3v) is 21.8. The molecule has 109 heavy (non-hydrogen) atoms. The lowest BCUT2D eigenvalue weighted by atomic mass is 9.81. The van der Waals surface area contributed by atoms with Gasteiger partial charge in [0.05, 0.1) is 0 Å². The third-order valence-electron chi connectivity index (χ3n) is 21.8. The fraction of sp³-hybridized carbons (Fsp3) is 0.0566. The minimum absolute atomic E-state index is 0.0782. The van der Waals surface area contributed by atoms with E-state index in [1.165, 1.54) is 144 Å². The van der Waals surface area contributed by atoms with Crippen molar-refractivity contribution in [3.05, 3.63) is 435 Å². The summed E-state index contributed by atoms with van der Waals surface area (Å²) in [6.07, 6.45) is 0. The maximum Gasteiger partial charge on any atom is 0.0463 e. The molecule has 0 saturated heterocycles. The lowest BCUT2D eigenvalue weighted by molar-refractivity contribution is 0.660. The quantitative estimate of drug-likeness (QED) is 0.102. The standard InChI is InChI=1S/C42H35N.C36H27N.C28H21N/c1-41(2)37-23-29(27-11-7-5-8-12-27)15-19-33(37)35-21-17-31(25-39(35)41)43-32-18-22-36-34-20-16-30(28-13-9-6-10-14-28)24-38(34)42(3,4)40(36)26-32;1-3-9-27(10-4-1)31-13-7-15-33(25-31)29-17-21-35(22-18-29)37-36-23-19-30(20-24-36)34-16-8-14-32(26-34)28-11-5-2-6-12-28;1-2-7-21(8-3-1)22-13-15-23(16-14-22)24-17-19-26(20-18-24)29-28-12-6-10-25-9-4-5-11-27(25)28/h5-26,43H,1-4H3;1-26,37H;1-20,29H. The maximum atomic E-state index is 3.77. The molecule has 0 aliphatic heterocycles. The molecule has 2 aliphatic carbocycles. The van der Waals surface area contributed by atoms with Gasteiger partial charge in [-0.15, -0.1) is 0 Å². The normalized spacial score (nSPS) is 12.4. The van der Waals surface area contributed by atoms with Gasteiger partial charge in [0.2, 0.25) is 0 Å². The smallest absolute Gasteiger partial charge is 0.0463 e. The SMILES string of the molecule is CC1(C)c2cc(Nc3ccc4c(c3)C(C)(C)c3cc(-c5ccccc5)ccc3-4)ccc2-c2ccc(-c3ccccc3)cc21.c1ccc(-c2ccc(-c3ccc(Nc4cccc5ccccc45)cc3)cc2)cc1.c1ccc(-c2cccc(-c3ccc(Nc4ccc(-c5cccc(-c6ccccc6)c5)cc4)cc3)c2)cc1. The van der Waals surface area contributed by atoms with Crippen molar-refractivity contribution in [2.75, 3.05) is 16.0 Å². The fourth-order valence-corrected chi connectivity index (χ4v) is 15.8. The zero-order valence-corrected chi connectivity index (χ0v) is 61.8. The van der Waals surface area contributed by atoms with E-state index in [4.69, 9.17) is 0 Å². The summed E-state index contributed by atoms with van der Waals surface area (Å²) < 4.78 is 0. The average Bonchev–Trinajstić information content (AvgIpc) is 1.58. The van der Waals surface area contributed by atoms with E-state index in [1.807, 2.05) is 6.07 Å². The fourth-order valence-electron chi connectivity index (χ4n) is 15.8. The van der Waals surface area contributed by atoms with Crippen molar-refractivity contribution in [3.63, 3.8) is 0 Å². The average molecular weight is 1400 g/mol. The molecule has 0 amide bonds. The van der Waals surface area contributed by atoms with E-state index >= 15 is 0 Å². The van der Waals surface area contributed by atoms with Gasteiger partial charge < -0.3 is 16.0 Å². The number of rotatable bonds is 14. The molecule has 0 atom stereocenters. The molecule has 3 nitrogen and oxygen atoms in total. The Morgan fingerprint density at radius 2 is 0.394 bits per heavy atom. The summed E-state index contributed by atoms with van der Waals surface area (Å²) in [5.74, 6) is 0. The van der Waals surface area contributed by atoms with Crippen LogP contribution in [0.15, 0.2) is 413 Å². The predicted molar refractivity (Wildman–Crippen MR) is 465 cm³/mol. The molecule has 17 aromatic rings. The highest BCUT2D eigenvalue weighted by Gasteiger charge is 2.38. The number of nitrogens with one attached hydrogen (secondary N) is 3. The minimum Gasteiger partial charge on any atom is -0.356 e. The van der Waals surface area contributed by atoms with E-state index in [9.17, 15) is 0 Å². The van der Waals surface area contributed by atoms with Gasteiger partial charge in [-0.1, -0.05) is 349 Å². The van der Waals surface area contributed by atoms with Crippen molar-refractivity contribution < 1.29 is 0 Å². The lowest BCUT2D eigenvalue weighted by Gasteiger charge is -2.23. The van der Waals surface area contributed by atoms with Crippen LogP contribution in [-0.4, -0.2) is 0 Å². The van der Waals surface area contributed by atoms with Crippen LogP contribution in [0.25, 0.3) is 122 Å². The highest BCUT2D eigenvalue weighted by molar-refractivity contribution is 5.96. The molecule has 0 fully saturated rings. The first-order valence-corrected chi connectivity index (χ1v) is 37.8. The first-order valence-electron chi connectivity index (χ1n) is 37.8. The Kier molecular flexibility index (Phi) is 18.9. The molecule has 3 N–H and O–H groups in total. The molecule has 0 saturated carbocycles. The topological polar surface area (TPSA) is 36.1 Å². The zero-order chi connectivity index (χ0) is 73.7. The molecule has 0 bridgehead atoms. The van der Waals surface area contributed by atoms with Crippen LogP contribution in [0.5, 0.6) is 0 Å². The van der Waals surface area contributed by atoms with Crippen molar-refractivity contribution >= 4 is 44.9 Å². The van der Waals surface area contributed by atoms with Crippen LogP contribution in [0.3, 0.4) is 0 Å². The van der Waals surface area contributed by atoms with Crippen LogP contribution in [-0.2, 0) is 10.8 Å². The first kappa shape index (κ1) is 68.5. The summed E-state index contributed by atoms with van der Waals surface area (Å²) in [7, 11) is 0. The second-order valence-corrected chi connectivity index (χ2v) is 29.5. The van der Waals surface area contributed by atoms with E-state index in [2.05, 4.69) is 450 Å². The van der Waals surface area contributed by atoms with Crippen molar-refractivity contribution in [2.45, 2.75) is 38.5 Å². The summed E-state index contributed by atoms with van der Waals surface area (Å²) in [5, 5.41) is 13.3. The van der Waals surface area contributed by atoms with Gasteiger partial charge in [-0.25, -0.2) is 0 Å². The number of hydrogen-bond donors (Lipinski definition) is 3. The molecular formula is C106H83N3. The highest BCUT2D eigenvalue weighted by atomic mass is 14.9. The third kappa shape index (κ3) is 14.5. The molecule has 0 aromatic heterocycles. The second kappa shape index (κ2) is 30.1.